The second-order valence-electron chi connectivity index (χ2n) is 7.28. The molecule has 3 aromatic rings. The lowest BCUT2D eigenvalue weighted by molar-refractivity contribution is 0.0564. The molecule has 1 aliphatic heterocycles. The van der Waals surface area contributed by atoms with Gasteiger partial charge in [0.25, 0.3) is 5.91 Å². The molecule has 0 N–H and O–H groups in total. The summed E-state index contributed by atoms with van der Waals surface area (Å²) in [6.07, 6.45) is 7.39. The number of hydrogen-bond donors (Lipinski definition) is 0. The number of piperidine rings is 1. The minimum absolute atomic E-state index is 0.0465. The molecule has 0 aromatic carbocycles. The molecule has 0 saturated carbocycles. The summed E-state index contributed by atoms with van der Waals surface area (Å²) >= 11 is 0. The van der Waals surface area contributed by atoms with Crippen molar-refractivity contribution in [3.05, 3.63) is 47.7 Å². The lowest BCUT2D eigenvalue weighted by atomic mass is 9.98. The van der Waals surface area contributed by atoms with E-state index in [4.69, 9.17) is 9.51 Å². The van der Waals surface area contributed by atoms with Gasteiger partial charge in [0.15, 0.2) is 5.65 Å². The predicted octanol–water partition coefficient (Wildman–Crippen LogP) is 3.28. The number of rotatable bonds is 4. The average molecular weight is 353 g/mol. The van der Waals surface area contributed by atoms with Gasteiger partial charge >= 0.3 is 0 Å². The van der Waals surface area contributed by atoms with Gasteiger partial charge in [-0.1, -0.05) is 19.0 Å². The third kappa shape index (κ3) is 3.21. The zero-order chi connectivity index (χ0) is 18.1. The Labute approximate surface area is 152 Å². The zero-order valence-corrected chi connectivity index (χ0v) is 15.1. The number of amides is 1. The molecule has 0 radical (unpaired) electrons. The summed E-state index contributed by atoms with van der Waals surface area (Å²) in [5.41, 5.74) is 2.52. The number of likely N-dealkylation sites (tertiary alicyclic amines) is 1. The van der Waals surface area contributed by atoms with Crippen LogP contribution in [-0.4, -0.2) is 37.1 Å². The van der Waals surface area contributed by atoms with Crippen LogP contribution < -0.4 is 0 Å². The van der Waals surface area contributed by atoms with Crippen molar-refractivity contribution in [2.45, 2.75) is 45.6 Å². The Bertz CT molecular complexity index is 913. The van der Waals surface area contributed by atoms with E-state index in [9.17, 15) is 4.79 Å². The summed E-state index contributed by atoms with van der Waals surface area (Å²) in [4.78, 5) is 19.6. The largest absolute Gasteiger partial charge is 0.351 e. The Morgan fingerprint density at radius 3 is 3.08 bits per heavy atom. The summed E-state index contributed by atoms with van der Waals surface area (Å²) < 4.78 is 7.08. The topological polar surface area (TPSA) is 76.5 Å². The normalized spacial score (nSPS) is 18.0. The van der Waals surface area contributed by atoms with Crippen LogP contribution in [0.2, 0.25) is 0 Å². The van der Waals surface area contributed by atoms with Crippen molar-refractivity contribution in [1.82, 2.24) is 24.7 Å². The molecule has 0 bridgehead atoms. The summed E-state index contributed by atoms with van der Waals surface area (Å²) in [5.74, 6) is 0.683. The molecule has 7 nitrogen and oxygen atoms in total. The van der Waals surface area contributed by atoms with E-state index < -0.39 is 0 Å². The second-order valence-corrected chi connectivity index (χ2v) is 7.28. The molecule has 1 fully saturated rings. The average Bonchev–Trinajstić information content (AvgIpc) is 3.29. The molecule has 0 spiro atoms. The Balaban J connectivity index is 1.60. The highest BCUT2D eigenvalue weighted by molar-refractivity contribution is 5.91. The van der Waals surface area contributed by atoms with Crippen LogP contribution in [0.5, 0.6) is 0 Å². The standard InChI is InChI=1S/C19H23N5O2/c1-13(2)11-14-12-17(26-22-14)19(25)23-9-4-3-5-16(23)15-7-10-24-18(21-15)6-8-20-24/h6-8,10,12-13,16H,3-5,9,11H2,1-2H3/t16-/m1/s1. The third-order valence-electron chi connectivity index (χ3n) is 4.77. The van der Waals surface area contributed by atoms with Crippen LogP contribution in [0, 0.1) is 5.92 Å². The zero-order valence-electron chi connectivity index (χ0n) is 15.1. The third-order valence-corrected chi connectivity index (χ3v) is 4.77. The molecule has 3 aromatic heterocycles. The van der Waals surface area contributed by atoms with Gasteiger partial charge in [0.2, 0.25) is 5.76 Å². The number of carbonyl (C=O) groups is 1. The maximum absolute atomic E-state index is 13.0. The Morgan fingerprint density at radius 1 is 1.35 bits per heavy atom. The van der Waals surface area contributed by atoms with E-state index >= 15 is 0 Å². The van der Waals surface area contributed by atoms with Crippen molar-refractivity contribution < 1.29 is 9.32 Å². The molecule has 0 aliphatic carbocycles. The first-order chi connectivity index (χ1) is 12.6. The second kappa shape index (κ2) is 6.90. The minimum Gasteiger partial charge on any atom is -0.351 e. The first-order valence-corrected chi connectivity index (χ1v) is 9.18. The number of nitrogens with zero attached hydrogens (tertiary/aromatic N) is 5. The molecule has 1 saturated heterocycles. The summed E-state index contributed by atoms with van der Waals surface area (Å²) in [5, 5.41) is 8.24. The lowest BCUT2D eigenvalue weighted by Crippen LogP contribution is -2.38. The van der Waals surface area contributed by atoms with E-state index in [0.29, 0.717) is 18.2 Å². The number of fused-ring (bicyclic) bond motifs is 1. The molecule has 26 heavy (non-hydrogen) atoms. The van der Waals surface area contributed by atoms with E-state index in [1.54, 1.807) is 16.8 Å². The van der Waals surface area contributed by atoms with Crippen molar-refractivity contribution >= 4 is 11.6 Å². The molecule has 1 atom stereocenters. The molecular formula is C19H23N5O2. The molecule has 0 unspecified atom stereocenters. The van der Waals surface area contributed by atoms with Gasteiger partial charge in [-0.25, -0.2) is 9.50 Å². The van der Waals surface area contributed by atoms with Crippen LogP contribution in [0.3, 0.4) is 0 Å². The molecule has 1 aliphatic rings. The number of carbonyl (C=O) groups excluding carboxylic acids is 1. The van der Waals surface area contributed by atoms with E-state index in [1.165, 1.54) is 0 Å². The Morgan fingerprint density at radius 2 is 2.23 bits per heavy atom. The smallest absolute Gasteiger partial charge is 0.293 e. The monoisotopic (exact) mass is 353 g/mol. The molecule has 1 amide bonds. The summed E-state index contributed by atoms with van der Waals surface area (Å²) in [6, 6.07) is 5.55. The molecule has 4 heterocycles. The molecule has 4 rings (SSSR count). The minimum atomic E-state index is -0.104. The van der Waals surface area contributed by atoms with Crippen LogP contribution in [-0.2, 0) is 6.42 Å². The van der Waals surface area contributed by atoms with Crippen LogP contribution >= 0.6 is 0 Å². The highest BCUT2D eigenvalue weighted by Crippen LogP contribution is 2.31. The van der Waals surface area contributed by atoms with E-state index in [0.717, 1.165) is 42.7 Å². The molecule has 136 valence electrons. The highest BCUT2D eigenvalue weighted by atomic mass is 16.5. The van der Waals surface area contributed by atoms with Crippen molar-refractivity contribution in [3.63, 3.8) is 0 Å². The summed E-state index contributed by atoms with van der Waals surface area (Å²) in [6.45, 7) is 4.94. The number of hydrogen-bond acceptors (Lipinski definition) is 5. The van der Waals surface area contributed by atoms with Crippen molar-refractivity contribution in [1.29, 1.82) is 0 Å². The summed E-state index contributed by atoms with van der Waals surface area (Å²) in [7, 11) is 0. The number of aromatic nitrogens is 4. The van der Waals surface area contributed by atoms with Gasteiger partial charge in [-0.05, 0) is 37.7 Å². The molecule has 7 heteroatoms. The lowest BCUT2D eigenvalue weighted by Gasteiger charge is -2.34. The van der Waals surface area contributed by atoms with E-state index in [2.05, 4.69) is 24.1 Å². The predicted molar refractivity (Wildman–Crippen MR) is 95.7 cm³/mol. The fourth-order valence-corrected chi connectivity index (χ4v) is 3.56. The quantitative estimate of drug-likeness (QED) is 0.719. The SMILES string of the molecule is CC(C)Cc1cc(C(=O)N2CCCC[C@@H]2c2ccn3nccc3n2)on1. The maximum Gasteiger partial charge on any atom is 0.293 e. The van der Waals surface area contributed by atoms with Crippen molar-refractivity contribution in [2.24, 2.45) is 5.92 Å². The highest BCUT2D eigenvalue weighted by Gasteiger charge is 2.31. The van der Waals surface area contributed by atoms with Gasteiger partial charge in [-0.3, -0.25) is 4.79 Å². The van der Waals surface area contributed by atoms with Crippen molar-refractivity contribution in [2.75, 3.05) is 6.54 Å². The fourth-order valence-electron chi connectivity index (χ4n) is 3.56. The first-order valence-electron chi connectivity index (χ1n) is 9.18. The van der Waals surface area contributed by atoms with Crippen LogP contribution in [0.25, 0.3) is 5.65 Å². The van der Waals surface area contributed by atoms with Gasteiger partial charge in [0.05, 0.1) is 23.6 Å². The first kappa shape index (κ1) is 16.8. The van der Waals surface area contributed by atoms with Gasteiger partial charge in [0, 0.05) is 24.9 Å². The van der Waals surface area contributed by atoms with Crippen molar-refractivity contribution in [3.8, 4) is 0 Å². The maximum atomic E-state index is 13.0. The van der Waals surface area contributed by atoms with Gasteiger partial charge in [-0.2, -0.15) is 5.10 Å². The van der Waals surface area contributed by atoms with Crippen LogP contribution in [0.4, 0.5) is 0 Å². The van der Waals surface area contributed by atoms with Gasteiger partial charge < -0.3 is 9.42 Å². The van der Waals surface area contributed by atoms with Crippen LogP contribution in [0.15, 0.2) is 35.1 Å². The molecular weight excluding hydrogens is 330 g/mol. The fraction of sp³-hybridized carbons (Fsp3) is 0.474. The Kier molecular flexibility index (Phi) is 4.44. The van der Waals surface area contributed by atoms with Crippen LogP contribution in [0.1, 0.15) is 61.1 Å². The van der Waals surface area contributed by atoms with E-state index in [1.807, 2.05) is 23.2 Å². The van der Waals surface area contributed by atoms with Gasteiger partial charge in [-0.15, -0.1) is 0 Å². The van der Waals surface area contributed by atoms with E-state index in [-0.39, 0.29) is 11.9 Å². The van der Waals surface area contributed by atoms with Gasteiger partial charge in [0.1, 0.15) is 0 Å². The Hall–Kier alpha value is -2.70.